The molecule has 1 aliphatic rings. The summed E-state index contributed by atoms with van der Waals surface area (Å²) in [5.41, 5.74) is 6.78. The van der Waals surface area contributed by atoms with Crippen molar-refractivity contribution in [1.82, 2.24) is 0 Å². The molecule has 0 saturated carbocycles. The molecule has 0 aliphatic carbocycles. The summed E-state index contributed by atoms with van der Waals surface area (Å²) in [6, 6.07) is 5.89. The fourth-order valence-corrected chi connectivity index (χ4v) is 3.17. The van der Waals surface area contributed by atoms with Crippen LogP contribution in [0.5, 0.6) is 11.5 Å². The predicted molar refractivity (Wildman–Crippen MR) is 76.6 cm³/mol. The summed E-state index contributed by atoms with van der Waals surface area (Å²) in [6.45, 7) is 3.97. The monoisotopic (exact) mass is 267 g/mol. The van der Waals surface area contributed by atoms with Crippen molar-refractivity contribution in [3.8, 4) is 11.5 Å². The highest BCUT2D eigenvalue weighted by atomic mass is 32.2. The molecular weight excluding hydrogens is 246 g/mol. The molecule has 4 heteroatoms. The Bertz CT molecular complexity index is 409. The van der Waals surface area contributed by atoms with Crippen LogP contribution >= 0.6 is 11.8 Å². The van der Waals surface area contributed by atoms with E-state index in [0.717, 1.165) is 29.2 Å². The molecular formula is C14H21NO2S. The van der Waals surface area contributed by atoms with E-state index < -0.39 is 5.54 Å². The topological polar surface area (TPSA) is 44.5 Å². The first-order valence-corrected chi connectivity index (χ1v) is 7.38. The van der Waals surface area contributed by atoms with Gasteiger partial charge in [-0.05, 0) is 32.1 Å². The largest absolute Gasteiger partial charge is 0.493 e. The second-order valence-electron chi connectivity index (χ2n) is 5.16. The highest BCUT2D eigenvalue weighted by Gasteiger charge is 2.26. The van der Waals surface area contributed by atoms with Crippen molar-refractivity contribution in [3.05, 3.63) is 23.8 Å². The van der Waals surface area contributed by atoms with Gasteiger partial charge in [0.2, 0.25) is 0 Å². The van der Waals surface area contributed by atoms with Crippen molar-refractivity contribution >= 4 is 11.8 Å². The summed E-state index contributed by atoms with van der Waals surface area (Å²) in [7, 11) is 1.67. The quantitative estimate of drug-likeness (QED) is 0.911. The Labute approximate surface area is 113 Å². The Kier molecular flexibility index (Phi) is 4.07. The molecule has 100 valence electrons. The molecule has 1 fully saturated rings. The minimum Gasteiger partial charge on any atom is -0.493 e. The normalized spacial score (nSPS) is 19.9. The molecule has 0 radical (unpaired) electrons. The number of rotatable bonds is 4. The van der Waals surface area contributed by atoms with E-state index in [1.165, 1.54) is 5.75 Å². The molecule has 18 heavy (non-hydrogen) atoms. The third kappa shape index (κ3) is 2.93. The van der Waals surface area contributed by atoms with E-state index in [-0.39, 0.29) is 6.10 Å². The second kappa shape index (κ2) is 5.41. The van der Waals surface area contributed by atoms with Crippen LogP contribution in [0.2, 0.25) is 0 Å². The number of methoxy groups -OCH3 is 1. The zero-order valence-electron chi connectivity index (χ0n) is 11.2. The number of hydrogen-bond acceptors (Lipinski definition) is 4. The molecule has 0 spiro atoms. The van der Waals surface area contributed by atoms with Crippen LogP contribution in [-0.2, 0) is 5.54 Å². The molecule has 0 bridgehead atoms. The molecule has 1 aromatic rings. The Morgan fingerprint density at radius 3 is 2.72 bits per heavy atom. The van der Waals surface area contributed by atoms with Gasteiger partial charge < -0.3 is 15.2 Å². The smallest absolute Gasteiger partial charge is 0.166 e. The molecule has 1 atom stereocenters. The van der Waals surface area contributed by atoms with Gasteiger partial charge in [0, 0.05) is 16.9 Å². The first-order valence-electron chi connectivity index (χ1n) is 6.23. The van der Waals surface area contributed by atoms with Crippen molar-refractivity contribution in [2.75, 3.05) is 18.6 Å². The number of nitrogens with two attached hydrogens (primary N) is 1. The fourth-order valence-electron chi connectivity index (χ4n) is 2.08. The number of para-hydroxylation sites is 1. The molecule has 0 amide bonds. The maximum Gasteiger partial charge on any atom is 0.166 e. The molecule has 2 N–H and O–H groups in total. The van der Waals surface area contributed by atoms with E-state index in [4.69, 9.17) is 15.2 Å². The number of hydrogen-bond donors (Lipinski definition) is 1. The Morgan fingerprint density at radius 2 is 2.17 bits per heavy atom. The first-order chi connectivity index (χ1) is 8.52. The van der Waals surface area contributed by atoms with Crippen molar-refractivity contribution in [2.24, 2.45) is 5.73 Å². The number of benzene rings is 1. The molecule has 1 unspecified atom stereocenters. The molecule has 2 rings (SSSR count). The summed E-state index contributed by atoms with van der Waals surface area (Å²) >= 11 is 1.93. The fraction of sp³-hybridized carbons (Fsp3) is 0.571. The van der Waals surface area contributed by atoms with Gasteiger partial charge in [-0.25, -0.2) is 0 Å². The van der Waals surface area contributed by atoms with Crippen LogP contribution in [0, 0.1) is 0 Å². The highest BCUT2D eigenvalue weighted by molar-refractivity contribution is 7.99. The van der Waals surface area contributed by atoms with E-state index in [0.29, 0.717) is 0 Å². The summed E-state index contributed by atoms with van der Waals surface area (Å²) in [5, 5.41) is 0. The SMILES string of the molecule is COc1cccc(C(C)(C)N)c1OC1CCSC1. The first kappa shape index (κ1) is 13.6. The van der Waals surface area contributed by atoms with Gasteiger partial charge in [-0.3, -0.25) is 0 Å². The van der Waals surface area contributed by atoms with E-state index in [1.54, 1.807) is 7.11 Å². The average molecular weight is 267 g/mol. The van der Waals surface area contributed by atoms with Crippen molar-refractivity contribution in [2.45, 2.75) is 31.9 Å². The van der Waals surface area contributed by atoms with Gasteiger partial charge in [0.15, 0.2) is 11.5 Å². The van der Waals surface area contributed by atoms with Crippen LogP contribution in [0.15, 0.2) is 18.2 Å². The van der Waals surface area contributed by atoms with E-state index in [1.807, 2.05) is 43.8 Å². The molecule has 1 aliphatic heterocycles. The zero-order valence-corrected chi connectivity index (χ0v) is 12.0. The maximum atomic E-state index is 6.21. The lowest BCUT2D eigenvalue weighted by molar-refractivity contribution is 0.213. The minimum atomic E-state index is -0.435. The van der Waals surface area contributed by atoms with E-state index >= 15 is 0 Å². The lowest BCUT2D eigenvalue weighted by Gasteiger charge is -2.26. The van der Waals surface area contributed by atoms with Crippen LogP contribution in [-0.4, -0.2) is 24.7 Å². The van der Waals surface area contributed by atoms with Crippen LogP contribution in [0.1, 0.15) is 25.8 Å². The Hall–Kier alpha value is -0.870. The molecule has 1 heterocycles. The molecule has 0 aromatic heterocycles. The summed E-state index contributed by atoms with van der Waals surface area (Å²) < 4.78 is 11.5. The predicted octanol–water partition coefficient (Wildman–Crippen LogP) is 2.77. The summed E-state index contributed by atoms with van der Waals surface area (Å²) in [5.74, 6) is 3.78. The standard InChI is InChI=1S/C14H21NO2S/c1-14(2,15)11-5-4-6-12(16-3)13(11)17-10-7-8-18-9-10/h4-6,10H,7-9,15H2,1-3H3. The molecule has 3 nitrogen and oxygen atoms in total. The number of ether oxygens (including phenoxy) is 2. The molecule has 1 saturated heterocycles. The van der Waals surface area contributed by atoms with Crippen LogP contribution in [0.4, 0.5) is 0 Å². The van der Waals surface area contributed by atoms with Crippen molar-refractivity contribution < 1.29 is 9.47 Å². The minimum absolute atomic E-state index is 0.271. The maximum absolute atomic E-state index is 6.21. The van der Waals surface area contributed by atoms with Crippen LogP contribution in [0.3, 0.4) is 0 Å². The third-order valence-corrected chi connectivity index (χ3v) is 4.20. The third-order valence-electron chi connectivity index (χ3n) is 3.07. The lowest BCUT2D eigenvalue weighted by atomic mass is 9.94. The second-order valence-corrected chi connectivity index (χ2v) is 6.31. The highest BCUT2D eigenvalue weighted by Crippen LogP contribution is 2.38. The molecule has 1 aromatic carbocycles. The van der Waals surface area contributed by atoms with Gasteiger partial charge in [0.1, 0.15) is 6.10 Å². The average Bonchev–Trinajstić information content (AvgIpc) is 2.80. The Balaban J connectivity index is 2.34. The van der Waals surface area contributed by atoms with Crippen LogP contribution in [0.25, 0.3) is 0 Å². The van der Waals surface area contributed by atoms with Gasteiger partial charge >= 0.3 is 0 Å². The lowest BCUT2D eigenvalue weighted by Crippen LogP contribution is -2.30. The van der Waals surface area contributed by atoms with Gasteiger partial charge in [0.05, 0.1) is 7.11 Å². The van der Waals surface area contributed by atoms with Gasteiger partial charge in [0.25, 0.3) is 0 Å². The van der Waals surface area contributed by atoms with Crippen molar-refractivity contribution in [1.29, 1.82) is 0 Å². The van der Waals surface area contributed by atoms with E-state index in [2.05, 4.69) is 0 Å². The van der Waals surface area contributed by atoms with Gasteiger partial charge in [-0.2, -0.15) is 11.8 Å². The van der Waals surface area contributed by atoms with Crippen LogP contribution < -0.4 is 15.2 Å². The summed E-state index contributed by atoms with van der Waals surface area (Å²) in [4.78, 5) is 0. The van der Waals surface area contributed by atoms with E-state index in [9.17, 15) is 0 Å². The van der Waals surface area contributed by atoms with Gasteiger partial charge in [-0.1, -0.05) is 12.1 Å². The Morgan fingerprint density at radius 1 is 1.39 bits per heavy atom. The number of thioether (sulfide) groups is 1. The summed E-state index contributed by atoms with van der Waals surface area (Å²) in [6.07, 6.45) is 1.36. The zero-order chi connectivity index (χ0) is 13.2. The van der Waals surface area contributed by atoms with Crippen molar-refractivity contribution in [3.63, 3.8) is 0 Å². The van der Waals surface area contributed by atoms with Gasteiger partial charge in [-0.15, -0.1) is 0 Å².